The Labute approximate surface area is 242 Å². The van der Waals surface area contributed by atoms with Crippen LogP contribution in [0.25, 0.3) is 10.9 Å². The van der Waals surface area contributed by atoms with Crippen molar-refractivity contribution in [3.63, 3.8) is 0 Å². The van der Waals surface area contributed by atoms with Gasteiger partial charge in [-0.1, -0.05) is 56.6 Å². The van der Waals surface area contributed by atoms with Crippen molar-refractivity contribution in [3.05, 3.63) is 92.6 Å². The predicted molar refractivity (Wildman–Crippen MR) is 157 cm³/mol. The van der Waals surface area contributed by atoms with E-state index in [1.165, 1.54) is 23.9 Å². The van der Waals surface area contributed by atoms with Crippen LogP contribution in [0.15, 0.2) is 60.8 Å². The Morgan fingerprint density at radius 3 is 2.59 bits per heavy atom. The summed E-state index contributed by atoms with van der Waals surface area (Å²) in [6, 6.07) is 18.5. The van der Waals surface area contributed by atoms with E-state index in [1.54, 1.807) is 18.2 Å². The second-order valence-corrected chi connectivity index (χ2v) is 11.3. The van der Waals surface area contributed by atoms with E-state index in [0.717, 1.165) is 5.56 Å². The maximum absolute atomic E-state index is 11.9. The molecule has 9 nitrogen and oxygen atoms in total. The second-order valence-electron chi connectivity index (χ2n) is 10.9. The molecule has 3 aromatic carbocycles. The molecule has 5 rings (SSSR count). The van der Waals surface area contributed by atoms with Crippen LogP contribution in [0.3, 0.4) is 0 Å². The highest BCUT2D eigenvalue weighted by Gasteiger charge is 2.25. The van der Waals surface area contributed by atoms with Crippen molar-refractivity contribution in [1.82, 2.24) is 4.98 Å². The van der Waals surface area contributed by atoms with Gasteiger partial charge >= 0.3 is 5.69 Å². The molecular formula is C31H29ClN4O5. The average Bonchev–Trinajstić information content (AvgIpc) is 3.45. The SMILES string of the molecule is CC(C)(C)c1ccc(COc2ccc(Nc3c(C#N)cnc4cc(OC5CCOC5)c([N+](=O)[O-])cc34)cc2Cl)cc1. The number of nitrogens with one attached hydrogen (secondary N) is 1. The molecule has 2 heterocycles. The fraction of sp³-hybridized carbons (Fsp3) is 0.290. The van der Waals surface area contributed by atoms with Crippen molar-refractivity contribution in [2.75, 3.05) is 18.5 Å². The molecule has 1 fully saturated rings. The minimum absolute atomic E-state index is 0.0724. The third-order valence-electron chi connectivity index (χ3n) is 6.86. The molecule has 0 radical (unpaired) electrons. The first-order valence-corrected chi connectivity index (χ1v) is 13.5. The molecule has 1 aromatic heterocycles. The van der Waals surface area contributed by atoms with Gasteiger partial charge in [-0.05, 0) is 34.7 Å². The Morgan fingerprint density at radius 1 is 1.17 bits per heavy atom. The van der Waals surface area contributed by atoms with Gasteiger partial charge in [0.2, 0.25) is 0 Å². The number of nitrogens with zero attached hydrogens (tertiary/aromatic N) is 3. The Hall–Kier alpha value is -4.39. The molecule has 0 saturated carbocycles. The van der Waals surface area contributed by atoms with Gasteiger partial charge in [0.15, 0.2) is 5.75 Å². The lowest BCUT2D eigenvalue weighted by Gasteiger charge is -2.19. The molecular weight excluding hydrogens is 544 g/mol. The number of fused-ring (bicyclic) bond motifs is 1. The van der Waals surface area contributed by atoms with E-state index in [-0.39, 0.29) is 28.5 Å². The van der Waals surface area contributed by atoms with Gasteiger partial charge in [0.05, 0.1) is 39.9 Å². The molecule has 1 atom stereocenters. The summed E-state index contributed by atoms with van der Waals surface area (Å²) in [6.07, 6.45) is 1.79. The van der Waals surface area contributed by atoms with Crippen molar-refractivity contribution >= 4 is 39.6 Å². The Morgan fingerprint density at radius 2 is 1.95 bits per heavy atom. The van der Waals surface area contributed by atoms with E-state index in [2.05, 4.69) is 49.3 Å². The largest absolute Gasteiger partial charge is 0.487 e. The fourth-order valence-electron chi connectivity index (χ4n) is 4.55. The quantitative estimate of drug-likeness (QED) is 0.171. The summed E-state index contributed by atoms with van der Waals surface area (Å²) < 4.78 is 17.2. The van der Waals surface area contributed by atoms with E-state index in [1.807, 2.05) is 12.1 Å². The second kappa shape index (κ2) is 11.6. The molecule has 0 spiro atoms. The number of ether oxygens (including phenoxy) is 3. The van der Waals surface area contributed by atoms with Crippen molar-refractivity contribution in [1.29, 1.82) is 5.26 Å². The van der Waals surface area contributed by atoms with Gasteiger partial charge in [-0.25, -0.2) is 0 Å². The maximum atomic E-state index is 11.9. The van der Waals surface area contributed by atoms with Gasteiger partial charge < -0.3 is 19.5 Å². The fourth-order valence-corrected chi connectivity index (χ4v) is 4.79. The molecule has 1 saturated heterocycles. The van der Waals surface area contributed by atoms with E-state index in [9.17, 15) is 15.4 Å². The normalized spacial score (nSPS) is 15.0. The highest BCUT2D eigenvalue weighted by atomic mass is 35.5. The Bertz CT molecular complexity index is 1640. The third-order valence-corrected chi connectivity index (χ3v) is 7.16. The van der Waals surface area contributed by atoms with E-state index >= 15 is 0 Å². The van der Waals surface area contributed by atoms with Crippen LogP contribution in [0, 0.1) is 21.4 Å². The lowest BCUT2D eigenvalue weighted by atomic mass is 9.87. The summed E-state index contributed by atoms with van der Waals surface area (Å²) in [5.74, 6) is 0.615. The van der Waals surface area contributed by atoms with Crippen molar-refractivity contribution in [3.8, 4) is 17.6 Å². The number of pyridine rings is 1. The number of aromatic nitrogens is 1. The number of nitriles is 1. The number of hydrogen-bond acceptors (Lipinski definition) is 8. The summed E-state index contributed by atoms with van der Waals surface area (Å²) in [5, 5.41) is 25.7. The molecule has 1 aliphatic heterocycles. The zero-order valence-corrected chi connectivity index (χ0v) is 23.7. The van der Waals surface area contributed by atoms with E-state index in [4.69, 9.17) is 25.8 Å². The summed E-state index contributed by atoms with van der Waals surface area (Å²) in [5.41, 5.74) is 3.72. The van der Waals surface area contributed by atoms with Crippen LogP contribution < -0.4 is 14.8 Å². The van der Waals surface area contributed by atoms with Crippen LogP contribution in [-0.4, -0.2) is 29.2 Å². The van der Waals surface area contributed by atoms with Crippen LogP contribution in [-0.2, 0) is 16.8 Å². The highest BCUT2D eigenvalue weighted by Crippen LogP contribution is 2.39. The number of nitro benzene ring substituents is 1. The third kappa shape index (κ3) is 6.35. The summed E-state index contributed by atoms with van der Waals surface area (Å²) in [4.78, 5) is 15.8. The lowest BCUT2D eigenvalue weighted by Crippen LogP contribution is -2.16. The number of nitro groups is 1. The number of halogens is 1. The Balaban J connectivity index is 1.39. The molecule has 1 unspecified atom stereocenters. The van der Waals surface area contributed by atoms with Gasteiger partial charge in [-0.3, -0.25) is 15.1 Å². The monoisotopic (exact) mass is 572 g/mol. The number of hydrogen-bond donors (Lipinski definition) is 1. The summed E-state index contributed by atoms with van der Waals surface area (Å²) in [6.45, 7) is 7.77. The Kier molecular flexibility index (Phi) is 7.97. The molecule has 0 amide bonds. The van der Waals surface area contributed by atoms with Gasteiger partial charge in [0.1, 0.15) is 24.5 Å². The standard InChI is InChI=1S/C31H29ClN4O5/c1-31(2,3)21-6-4-19(5-7-21)17-40-28-9-8-22(12-25(28)32)35-30-20(15-33)16-34-26-14-29(41-23-10-11-39-18-23)27(36(37)38)13-24(26)30/h4-9,12-14,16,23H,10-11,17-18H2,1-3H3,(H,34,35). The van der Waals surface area contributed by atoms with Crippen LogP contribution in [0.2, 0.25) is 5.02 Å². The van der Waals surface area contributed by atoms with Crippen LogP contribution in [0.1, 0.15) is 43.9 Å². The number of rotatable bonds is 8. The van der Waals surface area contributed by atoms with Crippen molar-refractivity contribution in [2.45, 2.75) is 45.3 Å². The first-order valence-electron chi connectivity index (χ1n) is 13.2. The van der Waals surface area contributed by atoms with E-state index in [0.29, 0.717) is 59.3 Å². The number of anilines is 2. The van der Waals surface area contributed by atoms with Crippen LogP contribution >= 0.6 is 11.6 Å². The van der Waals surface area contributed by atoms with Crippen molar-refractivity contribution in [2.24, 2.45) is 0 Å². The molecule has 10 heteroatoms. The zero-order chi connectivity index (χ0) is 29.1. The lowest BCUT2D eigenvalue weighted by molar-refractivity contribution is -0.385. The average molecular weight is 573 g/mol. The number of benzene rings is 3. The first-order chi connectivity index (χ1) is 19.6. The molecule has 41 heavy (non-hydrogen) atoms. The van der Waals surface area contributed by atoms with E-state index < -0.39 is 4.92 Å². The molecule has 210 valence electrons. The zero-order valence-electron chi connectivity index (χ0n) is 22.9. The summed E-state index contributed by atoms with van der Waals surface area (Å²) in [7, 11) is 0. The minimum Gasteiger partial charge on any atom is -0.487 e. The first kappa shape index (κ1) is 28.1. The van der Waals surface area contributed by atoms with Gasteiger partial charge in [-0.15, -0.1) is 0 Å². The highest BCUT2D eigenvalue weighted by molar-refractivity contribution is 6.32. The minimum atomic E-state index is -0.507. The molecule has 1 aliphatic rings. The maximum Gasteiger partial charge on any atom is 0.311 e. The summed E-state index contributed by atoms with van der Waals surface area (Å²) >= 11 is 6.55. The van der Waals surface area contributed by atoms with Crippen LogP contribution in [0.5, 0.6) is 11.5 Å². The molecule has 0 bridgehead atoms. The smallest absolute Gasteiger partial charge is 0.311 e. The van der Waals surface area contributed by atoms with Crippen LogP contribution in [0.4, 0.5) is 17.1 Å². The van der Waals surface area contributed by atoms with Gasteiger partial charge in [0, 0.05) is 35.8 Å². The molecule has 0 aliphatic carbocycles. The molecule has 4 aromatic rings. The predicted octanol–water partition coefficient (Wildman–Crippen LogP) is 7.46. The van der Waals surface area contributed by atoms with Gasteiger partial charge in [-0.2, -0.15) is 5.26 Å². The topological polar surface area (TPSA) is 120 Å². The molecule has 1 N–H and O–H groups in total. The van der Waals surface area contributed by atoms with Crippen molar-refractivity contribution < 1.29 is 19.1 Å². The van der Waals surface area contributed by atoms with Gasteiger partial charge in [0.25, 0.3) is 0 Å².